The Kier molecular flexibility index (Phi) is 6.68. The lowest BCUT2D eigenvalue weighted by Crippen LogP contribution is -2.15. The molecule has 0 bridgehead atoms. The quantitative estimate of drug-likeness (QED) is 0.467. The molecular formula is C26H28FN3O4. The molecule has 0 unspecified atom stereocenters. The first kappa shape index (κ1) is 23.5. The van der Waals surface area contributed by atoms with Crippen LogP contribution in [-0.2, 0) is 17.8 Å². The normalized spacial score (nSPS) is 14.6. The van der Waals surface area contributed by atoms with Crippen molar-refractivity contribution >= 4 is 11.5 Å². The van der Waals surface area contributed by atoms with Gasteiger partial charge in [-0.25, -0.2) is 9.07 Å². The van der Waals surface area contributed by atoms with Crippen molar-refractivity contribution in [2.75, 3.05) is 7.11 Å². The van der Waals surface area contributed by atoms with Crippen molar-refractivity contribution in [2.24, 2.45) is 5.41 Å². The molecule has 34 heavy (non-hydrogen) atoms. The molecule has 1 aliphatic rings. The van der Waals surface area contributed by atoms with Crippen molar-refractivity contribution in [1.82, 2.24) is 15.0 Å². The minimum absolute atomic E-state index is 0.0528. The predicted octanol–water partition coefficient (Wildman–Crippen LogP) is 5.21. The second-order valence-corrected chi connectivity index (χ2v) is 8.98. The summed E-state index contributed by atoms with van der Waals surface area (Å²) >= 11 is 0. The zero-order chi connectivity index (χ0) is 24.3. The van der Waals surface area contributed by atoms with E-state index in [2.05, 4.69) is 30.2 Å². The van der Waals surface area contributed by atoms with Crippen LogP contribution in [0.25, 0.3) is 11.3 Å². The molecule has 0 spiro atoms. The van der Waals surface area contributed by atoms with E-state index in [1.165, 1.54) is 17.9 Å². The van der Waals surface area contributed by atoms with Gasteiger partial charge in [0, 0.05) is 12.5 Å². The van der Waals surface area contributed by atoms with Gasteiger partial charge in [-0.1, -0.05) is 37.3 Å². The molecule has 178 valence electrons. The van der Waals surface area contributed by atoms with Crippen LogP contribution in [0.4, 0.5) is 4.39 Å². The number of nitrogens with zero attached hydrogens (tertiary/aromatic N) is 3. The maximum absolute atomic E-state index is 14.8. The molecule has 8 heteroatoms. The van der Waals surface area contributed by atoms with Crippen LogP contribution in [-0.4, -0.2) is 33.2 Å². The van der Waals surface area contributed by atoms with Gasteiger partial charge in [0.2, 0.25) is 0 Å². The first-order chi connectivity index (χ1) is 16.3. The Morgan fingerprint density at radius 3 is 2.74 bits per heavy atom. The second kappa shape index (κ2) is 9.67. The number of aliphatic carboxylic acids is 1. The van der Waals surface area contributed by atoms with Gasteiger partial charge in [0.1, 0.15) is 35.3 Å². The Balaban J connectivity index is 1.68. The molecule has 0 radical (unpaired) electrons. The van der Waals surface area contributed by atoms with E-state index in [4.69, 9.17) is 14.6 Å². The van der Waals surface area contributed by atoms with Crippen LogP contribution in [0.15, 0.2) is 48.5 Å². The Hall–Kier alpha value is -3.68. The molecule has 0 aliphatic heterocycles. The fraction of sp³-hybridized carbons (Fsp3) is 0.346. The lowest BCUT2D eigenvalue weighted by atomic mass is 9.83. The number of ether oxygens (including phenoxy) is 2. The smallest absolute Gasteiger partial charge is 0.303 e. The van der Waals surface area contributed by atoms with Gasteiger partial charge in [0.15, 0.2) is 0 Å². The Bertz CT molecular complexity index is 1230. The van der Waals surface area contributed by atoms with E-state index >= 15 is 0 Å². The molecule has 3 aromatic rings. The number of benzene rings is 2. The second-order valence-electron chi connectivity index (χ2n) is 8.98. The molecule has 7 nitrogen and oxygen atoms in total. The number of allylic oxidation sites excluding steroid dienone is 2. The third-order valence-electron chi connectivity index (χ3n) is 6.13. The molecular weight excluding hydrogens is 437 g/mol. The molecule has 1 aromatic heterocycles. The van der Waals surface area contributed by atoms with Gasteiger partial charge in [-0.3, -0.25) is 4.79 Å². The van der Waals surface area contributed by atoms with E-state index in [0.717, 1.165) is 29.7 Å². The fourth-order valence-corrected chi connectivity index (χ4v) is 4.23. The predicted molar refractivity (Wildman–Crippen MR) is 126 cm³/mol. The van der Waals surface area contributed by atoms with Crippen molar-refractivity contribution in [2.45, 2.75) is 46.1 Å². The first-order valence-electron chi connectivity index (χ1n) is 11.2. The molecule has 1 heterocycles. The molecule has 2 aromatic carbocycles. The molecule has 0 atom stereocenters. The number of aryl methyl sites for hydroxylation is 1. The molecule has 0 saturated carbocycles. The van der Waals surface area contributed by atoms with Crippen LogP contribution in [0.1, 0.15) is 50.1 Å². The molecule has 0 amide bonds. The van der Waals surface area contributed by atoms with Crippen molar-refractivity contribution < 1.29 is 23.8 Å². The van der Waals surface area contributed by atoms with E-state index < -0.39 is 11.8 Å². The number of rotatable bonds is 9. The molecule has 1 aliphatic carbocycles. The Labute approximate surface area is 197 Å². The van der Waals surface area contributed by atoms with Crippen LogP contribution < -0.4 is 9.47 Å². The minimum Gasteiger partial charge on any atom is -0.497 e. The largest absolute Gasteiger partial charge is 0.497 e. The third-order valence-corrected chi connectivity index (χ3v) is 6.13. The monoisotopic (exact) mass is 465 g/mol. The number of aromatic nitrogens is 3. The lowest BCUT2D eigenvalue weighted by Gasteiger charge is -2.24. The number of halogens is 1. The van der Waals surface area contributed by atoms with Crippen LogP contribution in [0.3, 0.4) is 0 Å². The average Bonchev–Trinajstić information content (AvgIpc) is 3.38. The van der Waals surface area contributed by atoms with Gasteiger partial charge in [-0.05, 0) is 60.1 Å². The summed E-state index contributed by atoms with van der Waals surface area (Å²) in [5.41, 5.74) is 3.37. The summed E-state index contributed by atoms with van der Waals surface area (Å²) in [6.45, 7) is 4.44. The summed E-state index contributed by atoms with van der Waals surface area (Å²) in [4.78, 5) is 10.9. The summed E-state index contributed by atoms with van der Waals surface area (Å²) in [6, 6.07) is 11.9. The average molecular weight is 466 g/mol. The number of carboxylic acid groups (broad SMARTS) is 1. The lowest BCUT2D eigenvalue weighted by molar-refractivity contribution is -0.136. The van der Waals surface area contributed by atoms with Crippen LogP contribution >= 0.6 is 0 Å². The van der Waals surface area contributed by atoms with Crippen LogP contribution in [0, 0.1) is 11.2 Å². The zero-order valence-corrected chi connectivity index (χ0v) is 19.5. The highest BCUT2D eigenvalue weighted by Crippen LogP contribution is 2.45. The highest BCUT2D eigenvalue weighted by Gasteiger charge is 2.34. The number of hydrogen-bond donors (Lipinski definition) is 1. The van der Waals surface area contributed by atoms with Crippen molar-refractivity contribution in [3.63, 3.8) is 0 Å². The molecule has 1 N–H and O–H groups in total. The van der Waals surface area contributed by atoms with Crippen LogP contribution in [0.5, 0.6) is 11.5 Å². The van der Waals surface area contributed by atoms with Crippen LogP contribution in [0.2, 0.25) is 0 Å². The molecule has 0 fully saturated rings. The van der Waals surface area contributed by atoms with Gasteiger partial charge in [-0.15, -0.1) is 5.10 Å². The maximum atomic E-state index is 14.8. The summed E-state index contributed by atoms with van der Waals surface area (Å²) in [5, 5.41) is 17.6. The van der Waals surface area contributed by atoms with E-state index in [1.54, 1.807) is 12.1 Å². The Morgan fingerprint density at radius 1 is 1.21 bits per heavy atom. The van der Waals surface area contributed by atoms with Gasteiger partial charge in [0.05, 0.1) is 12.8 Å². The number of carboxylic acids is 1. The van der Waals surface area contributed by atoms with E-state index in [0.29, 0.717) is 23.6 Å². The van der Waals surface area contributed by atoms with E-state index in [9.17, 15) is 9.18 Å². The fourth-order valence-electron chi connectivity index (χ4n) is 4.23. The number of methoxy groups -OCH3 is 1. The summed E-state index contributed by atoms with van der Waals surface area (Å²) < 4.78 is 27.7. The number of carbonyl (C=O) groups is 1. The molecule has 0 saturated heterocycles. The maximum Gasteiger partial charge on any atom is 0.303 e. The first-order valence-corrected chi connectivity index (χ1v) is 11.2. The highest BCUT2D eigenvalue weighted by atomic mass is 19.1. The zero-order valence-electron chi connectivity index (χ0n) is 19.5. The van der Waals surface area contributed by atoms with Gasteiger partial charge in [0.25, 0.3) is 0 Å². The SMILES string of the molecule is COc1ccc(F)c(-n2nnc(COc3cccc(CCC(=O)O)c3)c2C2=CCCC2(C)C)c1. The number of hydrogen-bond acceptors (Lipinski definition) is 5. The minimum atomic E-state index is -0.843. The van der Waals surface area contributed by atoms with Crippen molar-refractivity contribution in [3.8, 4) is 17.2 Å². The third kappa shape index (κ3) is 4.95. The van der Waals surface area contributed by atoms with E-state index in [-0.39, 0.29) is 24.1 Å². The highest BCUT2D eigenvalue weighted by molar-refractivity contribution is 5.72. The Morgan fingerprint density at radius 2 is 2.03 bits per heavy atom. The van der Waals surface area contributed by atoms with Gasteiger partial charge >= 0.3 is 5.97 Å². The van der Waals surface area contributed by atoms with Gasteiger partial charge in [-0.2, -0.15) is 0 Å². The molecule has 4 rings (SSSR count). The summed E-state index contributed by atoms with van der Waals surface area (Å²) in [6.07, 6.45) is 4.52. The topological polar surface area (TPSA) is 86.5 Å². The van der Waals surface area contributed by atoms with Crippen molar-refractivity contribution in [1.29, 1.82) is 0 Å². The summed E-state index contributed by atoms with van der Waals surface area (Å²) in [5.74, 6) is -0.143. The van der Waals surface area contributed by atoms with E-state index in [1.807, 2.05) is 24.3 Å². The van der Waals surface area contributed by atoms with Gasteiger partial charge < -0.3 is 14.6 Å². The summed E-state index contributed by atoms with van der Waals surface area (Å²) in [7, 11) is 1.53. The standard InChI is InChI=1S/C26H28FN3O4/c1-26(2)13-5-8-20(26)25-22(16-34-19-7-4-6-17(14-19)9-12-24(31)32)28-29-30(25)23-15-18(33-3)10-11-21(23)27/h4,6-8,10-11,14-15H,5,9,12-13,16H2,1-3H3,(H,31,32). The van der Waals surface area contributed by atoms with Crippen molar-refractivity contribution in [3.05, 3.63) is 71.3 Å².